The van der Waals surface area contributed by atoms with Crippen LogP contribution in [0.3, 0.4) is 0 Å². The standard InChI is InChI=1S/C30H24N4O2/c1-36-22-17-15-20(16-18-22)27-19-28(34(33-27)21-9-3-2-4-10-21)31-30(35)32-29-25-13-7-5-11-23(25)24-12-6-8-14-26(24)29/h2-19,29H,1H3,(H2,31,32,35). The maximum atomic E-state index is 13.3. The van der Waals surface area contributed by atoms with Gasteiger partial charge in [0.25, 0.3) is 0 Å². The third kappa shape index (κ3) is 3.88. The number of rotatable bonds is 5. The van der Waals surface area contributed by atoms with Crippen molar-refractivity contribution in [3.63, 3.8) is 0 Å². The summed E-state index contributed by atoms with van der Waals surface area (Å²) < 4.78 is 7.02. The zero-order valence-electron chi connectivity index (χ0n) is 19.7. The van der Waals surface area contributed by atoms with Gasteiger partial charge in [-0.05, 0) is 58.7 Å². The van der Waals surface area contributed by atoms with Crippen LogP contribution in [-0.4, -0.2) is 22.9 Å². The van der Waals surface area contributed by atoms with Gasteiger partial charge in [0.05, 0.1) is 24.5 Å². The summed E-state index contributed by atoms with van der Waals surface area (Å²) in [5, 5.41) is 11.0. The molecule has 0 radical (unpaired) electrons. The Morgan fingerprint density at radius 1 is 0.806 bits per heavy atom. The molecule has 0 bridgehead atoms. The van der Waals surface area contributed by atoms with E-state index in [0.29, 0.717) is 5.82 Å². The van der Waals surface area contributed by atoms with Crippen molar-refractivity contribution in [1.82, 2.24) is 15.1 Å². The van der Waals surface area contributed by atoms with Gasteiger partial charge in [-0.3, -0.25) is 5.32 Å². The fraction of sp³-hybridized carbons (Fsp3) is 0.0667. The predicted octanol–water partition coefficient (Wildman–Crippen LogP) is 6.44. The summed E-state index contributed by atoms with van der Waals surface area (Å²) in [5.74, 6) is 1.35. The van der Waals surface area contributed by atoms with Crippen molar-refractivity contribution >= 4 is 11.8 Å². The molecule has 36 heavy (non-hydrogen) atoms. The number of nitrogens with zero attached hydrogens (tertiary/aromatic N) is 2. The second-order valence-corrected chi connectivity index (χ2v) is 8.60. The van der Waals surface area contributed by atoms with E-state index in [9.17, 15) is 4.79 Å². The first-order valence-electron chi connectivity index (χ1n) is 11.8. The Morgan fingerprint density at radius 2 is 1.42 bits per heavy atom. The maximum absolute atomic E-state index is 13.3. The van der Waals surface area contributed by atoms with Crippen molar-refractivity contribution < 1.29 is 9.53 Å². The number of hydrogen-bond donors (Lipinski definition) is 2. The van der Waals surface area contributed by atoms with Gasteiger partial charge in [0.1, 0.15) is 11.6 Å². The summed E-state index contributed by atoms with van der Waals surface area (Å²) in [6.45, 7) is 0. The average molecular weight is 473 g/mol. The van der Waals surface area contributed by atoms with Gasteiger partial charge in [-0.25, -0.2) is 9.48 Å². The highest BCUT2D eigenvalue weighted by Gasteiger charge is 2.29. The number of aromatic nitrogens is 2. The Kier molecular flexibility index (Phi) is 5.46. The summed E-state index contributed by atoms with van der Waals surface area (Å²) in [6.07, 6.45) is 0. The van der Waals surface area contributed by atoms with Gasteiger partial charge in [-0.15, -0.1) is 0 Å². The van der Waals surface area contributed by atoms with E-state index in [2.05, 4.69) is 34.9 Å². The summed E-state index contributed by atoms with van der Waals surface area (Å²) >= 11 is 0. The van der Waals surface area contributed by atoms with E-state index >= 15 is 0 Å². The number of carbonyl (C=O) groups excluding carboxylic acids is 1. The molecule has 176 valence electrons. The van der Waals surface area contributed by atoms with Crippen LogP contribution in [-0.2, 0) is 0 Å². The Bertz CT molecular complexity index is 1500. The number of methoxy groups -OCH3 is 1. The largest absolute Gasteiger partial charge is 0.497 e. The maximum Gasteiger partial charge on any atom is 0.321 e. The zero-order chi connectivity index (χ0) is 24.5. The Hall–Kier alpha value is -4.84. The number of carbonyl (C=O) groups is 1. The lowest BCUT2D eigenvalue weighted by Crippen LogP contribution is -2.33. The molecule has 6 heteroatoms. The molecule has 4 aromatic carbocycles. The van der Waals surface area contributed by atoms with Gasteiger partial charge in [-0.1, -0.05) is 66.7 Å². The smallest absolute Gasteiger partial charge is 0.321 e. The third-order valence-corrected chi connectivity index (χ3v) is 6.45. The SMILES string of the molecule is COc1ccc(-c2cc(NC(=O)NC3c4ccccc4-c4ccccc43)n(-c3ccccc3)n2)cc1. The predicted molar refractivity (Wildman–Crippen MR) is 141 cm³/mol. The highest BCUT2D eigenvalue weighted by atomic mass is 16.5. The van der Waals surface area contributed by atoms with Gasteiger partial charge in [-0.2, -0.15) is 5.10 Å². The van der Waals surface area contributed by atoms with Gasteiger partial charge in [0, 0.05) is 11.6 Å². The summed E-state index contributed by atoms with van der Waals surface area (Å²) in [4.78, 5) is 13.3. The topological polar surface area (TPSA) is 68.2 Å². The number of para-hydroxylation sites is 1. The van der Waals surface area contributed by atoms with Gasteiger partial charge in [0.15, 0.2) is 0 Å². The molecule has 0 atom stereocenters. The Morgan fingerprint density at radius 3 is 2.06 bits per heavy atom. The van der Waals surface area contributed by atoms with Crippen LogP contribution in [0, 0.1) is 0 Å². The highest BCUT2D eigenvalue weighted by Crippen LogP contribution is 2.43. The second-order valence-electron chi connectivity index (χ2n) is 8.60. The van der Waals surface area contributed by atoms with Crippen molar-refractivity contribution in [2.45, 2.75) is 6.04 Å². The monoisotopic (exact) mass is 472 g/mol. The lowest BCUT2D eigenvalue weighted by atomic mass is 10.1. The molecule has 2 amide bonds. The highest BCUT2D eigenvalue weighted by molar-refractivity contribution is 5.91. The molecule has 1 aliphatic rings. The number of nitrogens with one attached hydrogen (secondary N) is 2. The molecule has 0 aliphatic heterocycles. The van der Waals surface area contributed by atoms with Crippen LogP contribution in [0.4, 0.5) is 10.6 Å². The normalized spacial score (nSPS) is 12.0. The van der Waals surface area contributed by atoms with Crippen molar-refractivity contribution in [3.8, 4) is 33.8 Å². The van der Waals surface area contributed by atoms with Crippen LogP contribution >= 0.6 is 0 Å². The average Bonchev–Trinajstić information content (AvgIpc) is 3.49. The molecule has 0 saturated heterocycles. The van der Waals surface area contributed by atoms with Crippen LogP contribution in [0.5, 0.6) is 5.75 Å². The quantitative estimate of drug-likeness (QED) is 0.309. The first kappa shape index (κ1) is 21.7. The number of benzene rings is 4. The Labute approximate surface area is 209 Å². The van der Waals surface area contributed by atoms with Crippen LogP contribution in [0.25, 0.3) is 28.1 Å². The molecule has 1 aromatic heterocycles. The number of urea groups is 1. The van der Waals surface area contributed by atoms with E-state index in [0.717, 1.165) is 44.9 Å². The molecule has 5 aromatic rings. The molecule has 1 heterocycles. The van der Waals surface area contributed by atoms with Gasteiger partial charge in [0.2, 0.25) is 0 Å². The lowest BCUT2D eigenvalue weighted by Gasteiger charge is -2.17. The van der Waals surface area contributed by atoms with Crippen LogP contribution < -0.4 is 15.4 Å². The van der Waals surface area contributed by atoms with E-state index < -0.39 is 0 Å². The van der Waals surface area contributed by atoms with Crippen LogP contribution in [0.1, 0.15) is 17.2 Å². The van der Waals surface area contributed by atoms with Crippen molar-refractivity contribution in [3.05, 3.63) is 120 Å². The van der Waals surface area contributed by atoms with Crippen molar-refractivity contribution in [2.24, 2.45) is 0 Å². The minimum atomic E-state index is -0.301. The van der Waals surface area contributed by atoms with Gasteiger partial charge < -0.3 is 10.1 Å². The Balaban J connectivity index is 1.32. The number of anilines is 1. The molecule has 0 fully saturated rings. The number of fused-ring (bicyclic) bond motifs is 3. The minimum Gasteiger partial charge on any atom is -0.497 e. The van der Waals surface area contributed by atoms with E-state index in [1.54, 1.807) is 11.8 Å². The molecule has 0 spiro atoms. The third-order valence-electron chi connectivity index (χ3n) is 6.45. The molecular formula is C30H24N4O2. The molecule has 0 unspecified atom stereocenters. The molecule has 2 N–H and O–H groups in total. The van der Waals surface area contributed by atoms with Crippen LogP contribution in [0.15, 0.2) is 109 Å². The fourth-order valence-electron chi connectivity index (χ4n) is 4.73. The molecule has 1 aliphatic carbocycles. The van der Waals surface area contributed by atoms with Crippen molar-refractivity contribution in [1.29, 1.82) is 0 Å². The number of amides is 2. The molecule has 0 saturated carbocycles. The number of ether oxygens (including phenoxy) is 1. The summed E-state index contributed by atoms with van der Waals surface area (Å²) in [5.41, 5.74) is 6.99. The van der Waals surface area contributed by atoms with Crippen molar-refractivity contribution in [2.75, 3.05) is 12.4 Å². The van der Waals surface area contributed by atoms with Crippen LogP contribution in [0.2, 0.25) is 0 Å². The summed E-state index contributed by atoms with van der Waals surface area (Å²) in [7, 11) is 1.64. The molecule has 6 rings (SSSR count). The molecular weight excluding hydrogens is 448 g/mol. The van der Waals surface area contributed by atoms with E-state index in [-0.39, 0.29) is 12.1 Å². The fourth-order valence-corrected chi connectivity index (χ4v) is 4.73. The second kappa shape index (κ2) is 9.07. The van der Waals surface area contributed by atoms with E-state index in [1.165, 1.54) is 0 Å². The number of hydrogen-bond acceptors (Lipinski definition) is 3. The first-order chi connectivity index (χ1) is 17.7. The zero-order valence-corrected chi connectivity index (χ0v) is 19.7. The van der Waals surface area contributed by atoms with Gasteiger partial charge >= 0.3 is 6.03 Å². The summed E-state index contributed by atoms with van der Waals surface area (Å²) in [6, 6.07) is 35.2. The first-order valence-corrected chi connectivity index (χ1v) is 11.8. The van der Waals surface area contributed by atoms with E-state index in [1.807, 2.05) is 84.9 Å². The molecule has 6 nitrogen and oxygen atoms in total. The lowest BCUT2D eigenvalue weighted by molar-refractivity contribution is 0.250. The van der Waals surface area contributed by atoms with E-state index in [4.69, 9.17) is 9.84 Å². The minimum absolute atomic E-state index is 0.230.